The SMILES string of the molecule is CC(C)(C)c1ccc(NC2=C(c3ccccc3)C(=O)N(c3ccccc3F)C2=O)cc1. The molecule has 3 aromatic rings. The smallest absolute Gasteiger partial charge is 0.282 e. The fraction of sp³-hybridized carbons (Fsp3) is 0.154. The van der Waals surface area contributed by atoms with Gasteiger partial charge >= 0.3 is 0 Å². The van der Waals surface area contributed by atoms with E-state index in [1.807, 2.05) is 30.3 Å². The predicted octanol–water partition coefficient (Wildman–Crippen LogP) is 5.52. The van der Waals surface area contributed by atoms with Gasteiger partial charge in [0.05, 0.1) is 11.3 Å². The van der Waals surface area contributed by atoms with Crippen LogP contribution in [0.2, 0.25) is 0 Å². The zero-order valence-corrected chi connectivity index (χ0v) is 17.6. The maximum Gasteiger partial charge on any atom is 0.282 e. The maximum absolute atomic E-state index is 14.4. The standard InChI is InChI=1S/C26H23FN2O2/c1-26(2,3)18-13-15-19(16-14-18)28-23-22(17-9-5-4-6-10-17)24(30)29(25(23)31)21-12-8-7-11-20(21)27/h4-16,28H,1-3H3. The van der Waals surface area contributed by atoms with Crippen molar-refractivity contribution >= 4 is 28.8 Å². The molecule has 0 radical (unpaired) electrons. The van der Waals surface area contributed by atoms with Crippen molar-refractivity contribution in [1.82, 2.24) is 0 Å². The first-order valence-electron chi connectivity index (χ1n) is 10.1. The van der Waals surface area contributed by atoms with Gasteiger partial charge in [0.25, 0.3) is 11.8 Å². The molecule has 0 unspecified atom stereocenters. The van der Waals surface area contributed by atoms with Gasteiger partial charge in [-0.15, -0.1) is 0 Å². The molecule has 0 aliphatic carbocycles. The lowest BCUT2D eigenvalue weighted by Gasteiger charge is -2.19. The normalized spacial score (nSPS) is 14.4. The van der Waals surface area contributed by atoms with Gasteiger partial charge in [-0.1, -0.05) is 75.4 Å². The van der Waals surface area contributed by atoms with Gasteiger partial charge in [0, 0.05) is 5.69 Å². The number of nitrogens with zero attached hydrogens (tertiary/aromatic N) is 1. The van der Waals surface area contributed by atoms with Gasteiger partial charge < -0.3 is 5.32 Å². The molecule has 31 heavy (non-hydrogen) atoms. The fourth-order valence-corrected chi connectivity index (χ4v) is 3.57. The molecule has 1 aliphatic rings. The van der Waals surface area contributed by atoms with Crippen LogP contribution < -0.4 is 10.2 Å². The zero-order chi connectivity index (χ0) is 22.2. The van der Waals surface area contributed by atoms with Crippen LogP contribution >= 0.6 is 0 Å². The number of imide groups is 1. The average molecular weight is 414 g/mol. The minimum absolute atomic E-state index is 0.00617. The van der Waals surface area contributed by atoms with E-state index in [-0.39, 0.29) is 22.4 Å². The van der Waals surface area contributed by atoms with Gasteiger partial charge in [0.2, 0.25) is 0 Å². The first-order valence-corrected chi connectivity index (χ1v) is 10.1. The summed E-state index contributed by atoms with van der Waals surface area (Å²) in [4.78, 5) is 27.5. The second-order valence-corrected chi connectivity index (χ2v) is 8.47. The highest BCUT2D eigenvalue weighted by Gasteiger charge is 2.41. The van der Waals surface area contributed by atoms with E-state index < -0.39 is 17.6 Å². The molecule has 5 heteroatoms. The van der Waals surface area contributed by atoms with Crippen molar-refractivity contribution in [2.45, 2.75) is 26.2 Å². The van der Waals surface area contributed by atoms with E-state index >= 15 is 0 Å². The molecule has 0 saturated carbocycles. The highest BCUT2D eigenvalue weighted by atomic mass is 19.1. The van der Waals surface area contributed by atoms with Crippen LogP contribution in [0.1, 0.15) is 31.9 Å². The number of carbonyl (C=O) groups is 2. The van der Waals surface area contributed by atoms with Crippen LogP contribution in [-0.4, -0.2) is 11.8 Å². The number of para-hydroxylation sites is 1. The van der Waals surface area contributed by atoms with Crippen LogP contribution in [0, 0.1) is 5.82 Å². The van der Waals surface area contributed by atoms with E-state index in [2.05, 4.69) is 26.1 Å². The molecule has 3 aromatic carbocycles. The Labute approximate surface area is 181 Å². The molecular weight excluding hydrogens is 391 g/mol. The quantitative estimate of drug-likeness (QED) is 0.572. The second-order valence-electron chi connectivity index (χ2n) is 8.47. The van der Waals surface area contributed by atoms with E-state index in [0.29, 0.717) is 11.3 Å². The molecule has 4 rings (SSSR count). The van der Waals surface area contributed by atoms with Gasteiger partial charge in [-0.25, -0.2) is 9.29 Å². The molecule has 4 nitrogen and oxygen atoms in total. The molecule has 0 fully saturated rings. The topological polar surface area (TPSA) is 49.4 Å². The zero-order valence-electron chi connectivity index (χ0n) is 17.6. The average Bonchev–Trinajstić information content (AvgIpc) is 2.98. The largest absolute Gasteiger partial charge is 0.350 e. The summed E-state index contributed by atoms with van der Waals surface area (Å²) in [5, 5.41) is 3.11. The van der Waals surface area contributed by atoms with Crippen LogP contribution in [0.25, 0.3) is 5.57 Å². The molecule has 156 valence electrons. The third kappa shape index (κ3) is 3.87. The second kappa shape index (κ2) is 7.84. The minimum atomic E-state index is -0.632. The van der Waals surface area contributed by atoms with Gasteiger partial charge in [0.15, 0.2) is 0 Å². The van der Waals surface area contributed by atoms with Crippen molar-refractivity contribution in [2.24, 2.45) is 0 Å². The number of anilines is 2. The molecular formula is C26H23FN2O2. The summed E-state index contributed by atoms with van der Waals surface area (Å²) in [6.07, 6.45) is 0. The Morgan fingerprint density at radius 1 is 0.774 bits per heavy atom. The number of carbonyl (C=O) groups excluding carboxylic acids is 2. The lowest BCUT2D eigenvalue weighted by molar-refractivity contribution is -0.120. The highest BCUT2D eigenvalue weighted by molar-refractivity contribution is 6.46. The molecule has 0 bridgehead atoms. The lowest BCUT2D eigenvalue weighted by Crippen LogP contribution is -2.33. The monoisotopic (exact) mass is 414 g/mol. The molecule has 0 spiro atoms. The maximum atomic E-state index is 14.4. The van der Waals surface area contributed by atoms with Gasteiger partial charge in [0.1, 0.15) is 11.5 Å². The summed E-state index contributed by atoms with van der Waals surface area (Å²) in [5.41, 5.74) is 2.69. The lowest BCUT2D eigenvalue weighted by atomic mass is 9.87. The molecule has 1 heterocycles. The Kier molecular flexibility index (Phi) is 5.19. The summed E-state index contributed by atoms with van der Waals surface area (Å²) >= 11 is 0. The number of hydrogen-bond acceptors (Lipinski definition) is 3. The summed E-state index contributed by atoms with van der Waals surface area (Å²) < 4.78 is 14.4. The Morgan fingerprint density at radius 2 is 1.39 bits per heavy atom. The van der Waals surface area contributed by atoms with E-state index in [4.69, 9.17) is 0 Å². The fourth-order valence-electron chi connectivity index (χ4n) is 3.57. The van der Waals surface area contributed by atoms with Gasteiger partial charge in [-0.3, -0.25) is 9.59 Å². The molecule has 1 aliphatic heterocycles. The number of hydrogen-bond donors (Lipinski definition) is 1. The molecule has 2 amide bonds. The number of nitrogens with one attached hydrogen (secondary N) is 1. The van der Waals surface area contributed by atoms with Crippen molar-refractivity contribution in [3.8, 4) is 0 Å². The van der Waals surface area contributed by atoms with Crippen LogP contribution in [-0.2, 0) is 15.0 Å². The van der Waals surface area contributed by atoms with Gasteiger partial charge in [-0.05, 0) is 40.8 Å². The third-order valence-corrected chi connectivity index (χ3v) is 5.26. The first kappa shape index (κ1) is 20.5. The Morgan fingerprint density at radius 3 is 2.00 bits per heavy atom. The van der Waals surface area contributed by atoms with Crippen molar-refractivity contribution in [3.05, 3.63) is 102 Å². The molecule has 1 N–H and O–H groups in total. The van der Waals surface area contributed by atoms with Crippen molar-refractivity contribution in [1.29, 1.82) is 0 Å². The van der Waals surface area contributed by atoms with E-state index in [1.54, 1.807) is 30.3 Å². The molecule has 0 atom stereocenters. The Balaban J connectivity index is 1.78. The summed E-state index contributed by atoms with van der Waals surface area (Å²) in [7, 11) is 0. The van der Waals surface area contributed by atoms with E-state index in [9.17, 15) is 14.0 Å². The van der Waals surface area contributed by atoms with Crippen molar-refractivity contribution in [3.63, 3.8) is 0 Å². The van der Waals surface area contributed by atoms with E-state index in [1.165, 1.54) is 18.2 Å². The summed E-state index contributed by atoms with van der Waals surface area (Å²) in [6, 6.07) is 22.4. The van der Waals surface area contributed by atoms with Crippen LogP contribution in [0.4, 0.5) is 15.8 Å². The van der Waals surface area contributed by atoms with E-state index in [0.717, 1.165) is 10.5 Å². The highest BCUT2D eigenvalue weighted by Crippen LogP contribution is 2.35. The van der Waals surface area contributed by atoms with Crippen LogP contribution in [0.3, 0.4) is 0 Å². The van der Waals surface area contributed by atoms with Crippen molar-refractivity contribution < 1.29 is 14.0 Å². The van der Waals surface area contributed by atoms with Crippen LogP contribution in [0.15, 0.2) is 84.6 Å². The summed E-state index contributed by atoms with van der Waals surface area (Å²) in [6.45, 7) is 6.37. The van der Waals surface area contributed by atoms with Crippen LogP contribution in [0.5, 0.6) is 0 Å². The van der Waals surface area contributed by atoms with Crippen molar-refractivity contribution in [2.75, 3.05) is 10.2 Å². The third-order valence-electron chi connectivity index (χ3n) is 5.26. The number of rotatable bonds is 4. The van der Waals surface area contributed by atoms with Gasteiger partial charge in [-0.2, -0.15) is 0 Å². The Bertz CT molecular complexity index is 1180. The predicted molar refractivity (Wildman–Crippen MR) is 121 cm³/mol. The number of benzene rings is 3. The summed E-state index contributed by atoms with van der Waals surface area (Å²) in [5.74, 6) is -1.78. The Hall–Kier alpha value is -3.73. The first-order chi connectivity index (χ1) is 14.8. The number of halogens is 1. The number of amides is 2. The molecule has 0 aromatic heterocycles. The molecule has 0 saturated heterocycles. The minimum Gasteiger partial charge on any atom is -0.350 e.